The zero-order chi connectivity index (χ0) is 23.2. The van der Waals surface area contributed by atoms with Crippen molar-refractivity contribution in [2.24, 2.45) is 0 Å². The molecule has 1 aliphatic carbocycles. The number of nitrogens with zero attached hydrogens (tertiary/aromatic N) is 1. The lowest BCUT2D eigenvalue weighted by Gasteiger charge is -2.23. The lowest BCUT2D eigenvalue weighted by atomic mass is 9.85. The van der Waals surface area contributed by atoms with Crippen LogP contribution in [0.1, 0.15) is 57.4 Å². The number of carbonyl (C=O) groups is 2. The smallest absolute Gasteiger partial charge is 0.264 e. The van der Waals surface area contributed by atoms with E-state index in [9.17, 15) is 14.7 Å². The molecule has 4 nitrogen and oxygen atoms in total. The molecule has 1 atom stereocenters. The summed E-state index contributed by atoms with van der Waals surface area (Å²) in [5.74, 6) is -0.742. The van der Waals surface area contributed by atoms with Crippen molar-refractivity contribution in [3.05, 3.63) is 99.1 Å². The number of carbonyl (C=O) groups excluding carboxylic acids is 2. The van der Waals surface area contributed by atoms with E-state index in [2.05, 4.69) is 0 Å². The summed E-state index contributed by atoms with van der Waals surface area (Å²) in [6.45, 7) is 2.32. The molecule has 1 amide bonds. The van der Waals surface area contributed by atoms with E-state index < -0.39 is 11.5 Å². The minimum Gasteiger partial charge on any atom is -0.375 e. The molecule has 0 aromatic heterocycles. The Morgan fingerprint density at radius 2 is 1.73 bits per heavy atom. The van der Waals surface area contributed by atoms with E-state index >= 15 is 0 Å². The highest BCUT2D eigenvalue weighted by Crippen LogP contribution is 2.45. The van der Waals surface area contributed by atoms with Gasteiger partial charge in [0.05, 0.1) is 18.7 Å². The Morgan fingerprint density at radius 1 is 1.00 bits per heavy atom. The molecule has 0 saturated heterocycles. The van der Waals surface area contributed by atoms with E-state index in [0.29, 0.717) is 28.4 Å². The van der Waals surface area contributed by atoms with Gasteiger partial charge in [-0.05, 0) is 73.6 Å². The van der Waals surface area contributed by atoms with Gasteiger partial charge in [0.2, 0.25) is 0 Å². The monoisotopic (exact) mass is 459 g/mol. The number of anilines is 1. The third-order valence-electron chi connectivity index (χ3n) is 6.84. The van der Waals surface area contributed by atoms with Gasteiger partial charge in [0.25, 0.3) is 5.91 Å². The highest BCUT2D eigenvalue weighted by Gasteiger charge is 2.51. The van der Waals surface area contributed by atoms with Crippen molar-refractivity contribution in [2.75, 3.05) is 4.90 Å². The molecular weight excluding hydrogens is 434 g/mol. The van der Waals surface area contributed by atoms with Crippen molar-refractivity contribution < 1.29 is 14.7 Å². The van der Waals surface area contributed by atoms with Crippen LogP contribution in [0.2, 0.25) is 5.02 Å². The number of hydrogen-bond acceptors (Lipinski definition) is 3. The number of halogens is 1. The van der Waals surface area contributed by atoms with Crippen molar-refractivity contribution in [1.82, 2.24) is 0 Å². The first kappa shape index (κ1) is 21.9. The van der Waals surface area contributed by atoms with Crippen molar-refractivity contribution in [3.63, 3.8) is 0 Å². The predicted octanol–water partition coefficient (Wildman–Crippen LogP) is 5.53. The highest BCUT2D eigenvalue weighted by atomic mass is 35.5. The molecule has 5 heteroatoms. The Kier molecular flexibility index (Phi) is 5.59. The van der Waals surface area contributed by atoms with E-state index in [-0.39, 0.29) is 12.2 Å². The summed E-state index contributed by atoms with van der Waals surface area (Å²) in [7, 11) is 0. The molecular formula is C28H26ClNO3. The quantitative estimate of drug-likeness (QED) is 0.510. The van der Waals surface area contributed by atoms with Gasteiger partial charge in [0, 0.05) is 16.1 Å². The normalized spacial score (nSPS) is 19.4. The van der Waals surface area contributed by atoms with Gasteiger partial charge < -0.3 is 10.0 Å². The first-order valence-electron chi connectivity index (χ1n) is 11.4. The zero-order valence-corrected chi connectivity index (χ0v) is 19.4. The minimum absolute atomic E-state index is 0.248. The minimum atomic E-state index is -1.95. The predicted molar refractivity (Wildman–Crippen MR) is 130 cm³/mol. The molecule has 3 aromatic carbocycles. The lowest BCUT2D eigenvalue weighted by molar-refractivity contribution is -0.136. The molecule has 0 saturated carbocycles. The number of fused-ring (bicyclic) bond motifs is 2. The number of Topliss-reactive ketones (excluding diaryl/α,β-unsaturated/α-hetero) is 1. The number of amides is 1. The summed E-state index contributed by atoms with van der Waals surface area (Å²) in [6.07, 6.45) is 3.96. The standard InChI is InChI=1S/C28H26ClNO3/c1-18-6-8-19(9-7-18)17-30-25-13-12-23(29)15-24(25)28(33,27(30)32)16-26(31)22-11-10-20-4-2-3-5-21(20)14-22/h6-15,33H,2-5,16-17H2,1H3/t28-/m1/s1. The fraction of sp³-hybridized carbons (Fsp3) is 0.286. The van der Waals surface area contributed by atoms with Crippen LogP contribution in [0.15, 0.2) is 60.7 Å². The molecule has 1 heterocycles. The fourth-order valence-electron chi connectivity index (χ4n) is 4.97. The molecule has 3 aromatic rings. The summed E-state index contributed by atoms with van der Waals surface area (Å²) >= 11 is 6.23. The Hall–Kier alpha value is -2.95. The van der Waals surface area contributed by atoms with Crippen LogP contribution in [0.25, 0.3) is 0 Å². The zero-order valence-electron chi connectivity index (χ0n) is 18.6. The molecule has 0 fully saturated rings. The van der Waals surface area contributed by atoms with Crippen LogP contribution in [0.4, 0.5) is 5.69 Å². The first-order chi connectivity index (χ1) is 15.8. The fourth-order valence-corrected chi connectivity index (χ4v) is 5.14. The van der Waals surface area contributed by atoms with Crippen molar-refractivity contribution >= 4 is 29.0 Å². The summed E-state index contributed by atoms with van der Waals surface area (Å²) in [5, 5.41) is 12.0. The van der Waals surface area contributed by atoms with Crippen LogP contribution < -0.4 is 4.90 Å². The molecule has 0 unspecified atom stereocenters. The number of aryl methyl sites for hydroxylation is 3. The van der Waals surface area contributed by atoms with Gasteiger partial charge in [-0.15, -0.1) is 0 Å². The molecule has 1 aliphatic heterocycles. The molecule has 0 bridgehead atoms. The summed E-state index contributed by atoms with van der Waals surface area (Å²) < 4.78 is 0. The van der Waals surface area contributed by atoms with Crippen LogP contribution in [0, 0.1) is 6.92 Å². The second kappa shape index (κ2) is 8.44. The van der Waals surface area contributed by atoms with E-state index in [1.54, 1.807) is 23.1 Å². The molecule has 33 heavy (non-hydrogen) atoms. The average molecular weight is 460 g/mol. The van der Waals surface area contributed by atoms with Crippen molar-refractivity contribution in [1.29, 1.82) is 0 Å². The molecule has 0 radical (unpaired) electrons. The van der Waals surface area contributed by atoms with Crippen molar-refractivity contribution in [2.45, 2.75) is 51.2 Å². The second-order valence-electron chi connectivity index (χ2n) is 9.19. The van der Waals surface area contributed by atoms with Crippen LogP contribution in [0.3, 0.4) is 0 Å². The SMILES string of the molecule is Cc1ccc(CN2C(=O)[C@@](O)(CC(=O)c3ccc4c(c3)CCCC4)c3cc(Cl)ccc32)cc1. The second-order valence-corrected chi connectivity index (χ2v) is 9.63. The van der Waals surface area contributed by atoms with Crippen LogP contribution in [0.5, 0.6) is 0 Å². The van der Waals surface area contributed by atoms with E-state index in [4.69, 9.17) is 11.6 Å². The molecule has 5 rings (SSSR count). The van der Waals surface area contributed by atoms with E-state index in [1.165, 1.54) is 17.5 Å². The van der Waals surface area contributed by atoms with Gasteiger partial charge in [0.15, 0.2) is 11.4 Å². The molecule has 0 spiro atoms. The molecule has 2 aliphatic rings. The van der Waals surface area contributed by atoms with Gasteiger partial charge in [0.1, 0.15) is 0 Å². The topological polar surface area (TPSA) is 57.6 Å². The first-order valence-corrected chi connectivity index (χ1v) is 11.8. The van der Waals surface area contributed by atoms with Crippen LogP contribution >= 0.6 is 11.6 Å². The number of ketones is 1. The van der Waals surface area contributed by atoms with Gasteiger partial charge in [-0.25, -0.2) is 0 Å². The Labute approximate surface area is 198 Å². The van der Waals surface area contributed by atoms with Gasteiger partial charge in [-0.1, -0.05) is 53.6 Å². The largest absolute Gasteiger partial charge is 0.375 e. The van der Waals surface area contributed by atoms with E-state index in [0.717, 1.165) is 30.4 Å². The lowest BCUT2D eigenvalue weighted by Crippen LogP contribution is -2.41. The van der Waals surface area contributed by atoms with Crippen LogP contribution in [-0.4, -0.2) is 16.8 Å². The van der Waals surface area contributed by atoms with Crippen LogP contribution in [-0.2, 0) is 29.8 Å². The number of hydrogen-bond donors (Lipinski definition) is 1. The van der Waals surface area contributed by atoms with Gasteiger partial charge >= 0.3 is 0 Å². The number of rotatable bonds is 5. The molecule has 1 N–H and O–H groups in total. The van der Waals surface area contributed by atoms with Gasteiger partial charge in [-0.3, -0.25) is 9.59 Å². The van der Waals surface area contributed by atoms with Crippen molar-refractivity contribution in [3.8, 4) is 0 Å². The summed E-state index contributed by atoms with van der Waals surface area (Å²) in [6, 6.07) is 18.7. The summed E-state index contributed by atoms with van der Waals surface area (Å²) in [4.78, 5) is 28.4. The van der Waals surface area contributed by atoms with Gasteiger partial charge in [-0.2, -0.15) is 0 Å². The average Bonchev–Trinajstić information content (AvgIpc) is 3.01. The Balaban J connectivity index is 1.47. The van der Waals surface area contributed by atoms with E-state index in [1.807, 2.05) is 49.4 Å². The maximum atomic E-state index is 13.5. The number of benzene rings is 3. The third kappa shape index (κ3) is 3.98. The Morgan fingerprint density at radius 3 is 2.48 bits per heavy atom. The highest BCUT2D eigenvalue weighted by molar-refractivity contribution is 6.31. The summed E-state index contributed by atoms with van der Waals surface area (Å²) in [5.41, 5.74) is 4.13. The Bertz CT molecular complexity index is 1250. The maximum absolute atomic E-state index is 13.5. The maximum Gasteiger partial charge on any atom is 0.264 e. The third-order valence-corrected chi connectivity index (χ3v) is 7.08. The molecule has 168 valence electrons. The number of aliphatic hydroxyl groups is 1.